The molecule has 2 aromatic heterocycles. The van der Waals surface area contributed by atoms with E-state index < -0.39 is 0 Å². The molecule has 1 amide bonds. The molecule has 0 atom stereocenters. The van der Waals surface area contributed by atoms with Gasteiger partial charge in [0.2, 0.25) is 0 Å². The van der Waals surface area contributed by atoms with E-state index in [4.69, 9.17) is 4.74 Å². The number of halogens is 1. The minimum absolute atomic E-state index is 0.0571. The Balaban J connectivity index is 1.57. The fraction of sp³-hybridized carbons (Fsp3) is 0.412. The van der Waals surface area contributed by atoms with Crippen molar-refractivity contribution < 1.29 is 13.9 Å². The van der Waals surface area contributed by atoms with Crippen molar-refractivity contribution in [3.8, 4) is 0 Å². The van der Waals surface area contributed by atoms with Gasteiger partial charge in [-0.15, -0.1) is 0 Å². The van der Waals surface area contributed by atoms with E-state index in [0.29, 0.717) is 37.0 Å². The van der Waals surface area contributed by atoms with Gasteiger partial charge in [0.15, 0.2) is 5.13 Å². The Morgan fingerprint density at radius 2 is 2.19 bits per heavy atom. The van der Waals surface area contributed by atoms with Gasteiger partial charge in [0.05, 0.1) is 17.9 Å². The van der Waals surface area contributed by atoms with Crippen LogP contribution in [0.1, 0.15) is 0 Å². The lowest BCUT2D eigenvalue weighted by molar-refractivity contribution is -0.119. The van der Waals surface area contributed by atoms with E-state index in [1.54, 1.807) is 11.0 Å². The zero-order valence-electron chi connectivity index (χ0n) is 14.6. The fourth-order valence-corrected chi connectivity index (χ4v) is 3.97. The van der Waals surface area contributed by atoms with Gasteiger partial charge in [0.25, 0.3) is 5.91 Å². The predicted molar refractivity (Wildman–Crippen MR) is 99.2 cm³/mol. The molecule has 0 N–H and O–H groups in total. The smallest absolute Gasteiger partial charge is 0.250 e. The van der Waals surface area contributed by atoms with Crippen LogP contribution in [-0.4, -0.2) is 69.9 Å². The summed E-state index contributed by atoms with van der Waals surface area (Å²) in [6, 6.07) is 4.83. The summed E-state index contributed by atoms with van der Waals surface area (Å²) in [6.07, 6.45) is 2.88. The summed E-state index contributed by atoms with van der Waals surface area (Å²) in [5, 5.41) is 4.49. The third-order valence-electron chi connectivity index (χ3n) is 4.40. The van der Waals surface area contributed by atoms with Gasteiger partial charge in [-0.05, 0) is 12.1 Å². The van der Waals surface area contributed by atoms with Gasteiger partial charge in [-0.25, -0.2) is 19.0 Å². The van der Waals surface area contributed by atoms with Crippen LogP contribution in [0.4, 0.5) is 9.52 Å². The molecule has 0 radical (unpaired) electrons. The lowest BCUT2D eigenvalue weighted by atomic mass is 10.3. The van der Waals surface area contributed by atoms with Crippen molar-refractivity contribution in [3.63, 3.8) is 0 Å². The molecular weight excluding hydrogens is 371 g/mol. The van der Waals surface area contributed by atoms with E-state index in [2.05, 4.69) is 20.0 Å². The Hall–Kier alpha value is -2.43. The largest absolute Gasteiger partial charge is 0.379 e. The molecule has 1 fully saturated rings. The Labute approximate surface area is 159 Å². The summed E-state index contributed by atoms with van der Waals surface area (Å²) in [5.74, 6) is -0.542. The molecule has 3 aromatic rings. The second kappa shape index (κ2) is 8.07. The van der Waals surface area contributed by atoms with Gasteiger partial charge in [0, 0.05) is 26.2 Å². The average molecular weight is 390 g/mol. The topological polar surface area (TPSA) is 76.4 Å². The van der Waals surface area contributed by atoms with Gasteiger partial charge in [-0.2, -0.15) is 5.10 Å². The van der Waals surface area contributed by atoms with Crippen molar-refractivity contribution in [2.75, 3.05) is 44.3 Å². The first kappa shape index (κ1) is 18.0. The van der Waals surface area contributed by atoms with Gasteiger partial charge in [-0.3, -0.25) is 14.6 Å². The number of carbonyl (C=O) groups is 1. The first-order valence-electron chi connectivity index (χ1n) is 8.68. The number of aromatic nitrogens is 4. The quantitative estimate of drug-likeness (QED) is 0.633. The molecule has 0 unspecified atom stereocenters. The van der Waals surface area contributed by atoms with Crippen LogP contribution in [0.2, 0.25) is 0 Å². The molecule has 0 saturated carbocycles. The maximum absolute atomic E-state index is 14.0. The fourth-order valence-electron chi connectivity index (χ4n) is 2.95. The molecule has 1 aromatic carbocycles. The molecule has 10 heteroatoms. The van der Waals surface area contributed by atoms with Crippen molar-refractivity contribution in [2.45, 2.75) is 6.54 Å². The predicted octanol–water partition coefficient (Wildman–Crippen LogP) is 1.39. The van der Waals surface area contributed by atoms with Crippen LogP contribution >= 0.6 is 11.3 Å². The van der Waals surface area contributed by atoms with Gasteiger partial charge >= 0.3 is 0 Å². The van der Waals surface area contributed by atoms with Crippen LogP contribution in [0.3, 0.4) is 0 Å². The molecule has 27 heavy (non-hydrogen) atoms. The summed E-state index contributed by atoms with van der Waals surface area (Å²) in [6.45, 7) is 4.28. The first-order valence-corrected chi connectivity index (χ1v) is 9.50. The number of hydrogen-bond donors (Lipinski definition) is 0. The molecular formula is C17H19FN6O2S. The second-order valence-electron chi connectivity index (χ2n) is 6.18. The maximum atomic E-state index is 14.0. The minimum Gasteiger partial charge on any atom is -0.379 e. The summed E-state index contributed by atoms with van der Waals surface area (Å²) in [5.41, 5.74) is 0.294. The van der Waals surface area contributed by atoms with Crippen LogP contribution in [0.5, 0.6) is 0 Å². The van der Waals surface area contributed by atoms with E-state index in [1.165, 1.54) is 34.7 Å². The maximum Gasteiger partial charge on any atom is 0.250 e. The Kier molecular flexibility index (Phi) is 5.37. The highest BCUT2D eigenvalue weighted by molar-refractivity contribution is 7.22. The van der Waals surface area contributed by atoms with E-state index in [9.17, 15) is 9.18 Å². The number of anilines is 1. The molecule has 1 aliphatic rings. The lowest BCUT2D eigenvalue weighted by Gasteiger charge is -2.29. The molecule has 3 heterocycles. The van der Waals surface area contributed by atoms with Crippen molar-refractivity contribution in [2.24, 2.45) is 0 Å². The molecule has 4 rings (SSSR count). The van der Waals surface area contributed by atoms with Gasteiger partial charge < -0.3 is 4.74 Å². The number of hydrogen-bond acceptors (Lipinski definition) is 7. The Morgan fingerprint density at radius 3 is 2.93 bits per heavy atom. The number of amides is 1. The first-order chi connectivity index (χ1) is 13.2. The summed E-state index contributed by atoms with van der Waals surface area (Å²) < 4.78 is 21.6. The zero-order chi connectivity index (χ0) is 18.6. The van der Waals surface area contributed by atoms with Crippen molar-refractivity contribution >= 4 is 32.6 Å². The molecule has 1 saturated heterocycles. The number of nitrogens with zero attached hydrogens (tertiary/aromatic N) is 6. The highest BCUT2D eigenvalue weighted by Gasteiger charge is 2.22. The monoisotopic (exact) mass is 390 g/mol. The Morgan fingerprint density at radius 1 is 1.33 bits per heavy atom. The van der Waals surface area contributed by atoms with Crippen LogP contribution in [0, 0.1) is 5.82 Å². The van der Waals surface area contributed by atoms with Crippen LogP contribution in [-0.2, 0) is 16.1 Å². The third-order valence-corrected chi connectivity index (χ3v) is 5.44. The van der Waals surface area contributed by atoms with Crippen molar-refractivity contribution in [3.05, 3.63) is 36.7 Å². The summed E-state index contributed by atoms with van der Waals surface area (Å²) in [4.78, 5) is 25.0. The number of morpholine rings is 1. The summed E-state index contributed by atoms with van der Waals surface area (Å²) >= 11 is 1.31. The van der Waals surface area contributed by atoms with Gasteiger partial charge in [-0.1, -0.05) is 17.4 Å². The number of ether oxygens (including phenoxy) is 1. The van der Waals surface area contributed by atoms with E-state index in [0.717, 1.165) is 17.8 Å². The van der Waals surface area contributed by atoms with Crippen LogP contribution in [0.15, 0.2) is 30.9 Å². The van der Waals surface area contributed by atoms with Gasteiger partial charge in [0.1, 0.15) is 30.5 Å². The minimum atomic E-state index is -0.383. The van der Waals surface area contributed by atoms with E-state index in [1.807, 2.05) is 6.07 Å². The SMILES string of the molecule is O=C(Cn1cncn1)N(CCN1CCOCC1)c1nc2c(F)cccc2s1. The summed E-state index contributed by atoms with van der Waals surface area (Å²) in [7, 11) is 0. The normalized spacial score (nSPS) is 15.3. The highest BCUT2D eigenvalue weighted by atomic mass is 32.1. The molecule has 142 valence electrons. The highest BCUT2D eigenvalue weighted by Crippen LogP contribution is 2.30. The molecule has 0 spiro atoms. The molecule has 0 bridgehead atoms. The lowest BCUT2D eigenvalue weighted by Crippen LogP contribution is -2.44. The van der Waals surface area contributed by atoms with Crippen LogP contribution < -0.4 is 4.90 Å². The number of benzene rings is 1. The standard InChI is InChI=1S/C17H19FN6O2S/c18-13-2-1-3-14-16(13)21-17(27-14)24(5-4-22-6-8-26-9-7-22)15(25)10-23-12-19-11-20-23/h1-3,11-12H,4-10H2. The molecule has 0 aliphatic carbocycles. The van der Waals surface area contributed by atoms with Crippen molar-refractivity contribution in [1.82, 2.24) is 24.6 Å². The number of para-hydroxylation sites is 1. The number of carbonyl (C=O) groups excluding carboxylic acids is 1. The number of fused-ring (bicyclic) bond motifs is 1. The van der Waals surface area contributed by atoms with Crippen LogP contribution in [0.25, 0.3) is 10.2 Å². The molecule has 8 nitrogen and oxygen atoms in total. The molecule has 1 aliphatic heterocycles. The number of rotatable bonds is 6. The van der Waals surface area contributed by atoms with E-state index in [-0.39, 0.29) is 18.3 Å². The van der Waals surface area contributed by atoms with E-state index >= 15 is 0 Å². The zero-order valence-corrected chi connectivity index (χ0v) is 15.4. The van der Waals surface area contributed by atoms with Crippen molar-refractivity contribution in [1.29, 1.82) is 0 Å². The third kappa shape index (κ3) is 4.12. The average Bonchev–Trinajstić information content (AvgIpc) is 3.33. The second-order valence-corrected chi connectivity index (χ2v) is 7.18. The Bertz CT molecular complexity index is 909. The number of thiazole rings is 1.